The lowest BCUT2D eigenvalue weighted by Gasteiger charge is -2.18. The van der Waals surface area contributed by atoms with E-state index < -0.39 is 0 Å². The first-order valence-electron chi connectivity index (χ1n) is 7.74. The van der Waals surface area contributed by atoms with Crippen molar-refractivity contribution in [1.82, 2.24) is 9.97 Å². The van der Waals surface area contributed by atoms with Crippen LogP contribution in [0.1, 0.15) is 18.2 Å². The maximum absolute atomic E-state index is 12.5. The first kappa shape index (κ1) is 15.0. The number of H-pyrrole nitrogens is 1. The summed E-state index contributed by atoms with van der Waals surface area (Å²) in [6.07, 6.45) is 0.410. The lowest BCUT2D eigenvalue weighted by Crippen LogP contribution is -2.24. The molecule has 1 aliphatic rings. The summed E-state index contributed by atoms with van der Waals surface area (Å²) >= 11 is 6.28. The molecule has 2 aromatic carbocycles. The third-order valence-electron chi connectivity index (χ3n) is 4.36. The summed E-state index contributed by atoms with van der Waals surface area (Å²) in [6.45, 7) is 0.547. The fourth-order valence-electron chi connectivity index (χ4n) is 3.12. The highest BCUT2D eigenvalue weighted by Crippen LogP contribution is 2.36. The summed E-state index contributed by atoms with van der Waals surface area (Å²) in [5.74, 6) is 1.57. The standard InChI is InChI=1S/C18H16ClN3O2/c1-24-12-6-7-13(19)16(9-12)22-10-11(8-17(22)23)18-20-14-4-2-3-5-15(14)21-18/h2-7,9,11H,8,10H2,1H3,(H,20,21). The summed E-state index contributed by atoms with van der Waals surface area (Å²) in [7, 11) is 1.59. The summed E-state index contributed by atoms with van der Waals surface area (Å²) in [4.78, 5) is 22.2. The van der Waals surface area contributed by atoms with Gasteiger partial charge >= 0.3 is 0 Å². The van der Waals surface area contributed by atoms with Crippen molar-refractivity contribution in [3.8, 4) is 5.75 Å². The van der Waals surface area contributed by atoms with Gasteiger partial charge in [-0.05, 0) is 24.3 Å². The third kappa shape index (κ3) is 2.51. The van der Waals surface area contributed by atoms with Gasteiger partial charge in [-0.15, -0.1) is 0 Å². The van der Waals surface area contributed by atoms with E-state index in [0.29, 0.717) is 29.4 Å². The van der Waals surface area contributed by atoms with Crippen molar-refractivity contribution < 1.29 is 9.53 Å². The van der Waals surface area contributed by atoms with Gasteiger partial charge in [0.05, 0.1) is 28.9 Å². The van der Waals surface area contributed by atoms with Crippen LogP contribution in [0.5, 0.6) is 5.75 Å². The van der Waals surface area contributed by atoms with Crippen LogP contribution in [0.4, 0.5) is 5.69 Å². The Labute approximate surface area is 144 Å². The quantitative estimate of drug-likeness (QED) is 0.789. The minimum absolute atomic E-state index is 0.0205. The molecule has 1 unspecified atom stereocenters. The maximum Gasteiger partial charge on any atom is 0.227 e. The van der Waals surface area contributed by atoms with E-state index >= 15 is 0 Å². The van der Waals surface area contributed by atoms with E-state index in [2.05, 4.69) is 9.97 Å². The predicted molar refractivity (Wildman–Crippen MR) is 93.8 cm³/mol. The molecule has 1 amide bonds. The first-order chi connectivity index (χ1) is 11.7. The van der Waals surface area contributed by atoms with Crippen LogP contribution in [0.2, 0.25) is 5.02 Å². The molecule has 4 rings (SSSR count). The number of aromatic nitrogens is 2. The number of imidazole rings is 1. The molecule has 1 atom stereocenters. The molecule has 24 heavy (non-hydrogen) atoms. The highest BCUT2D eigenvalue weighted by Gasteiger charge is 2.34. The summed E-state index contributed by atoms with van der Waals surface area (Å²) in [5, 5.41) is 0.536. The van der Waals surface area contributed by atoms with Crippen molar-refractivity contribution in [2.45, 2.75) is 12.3 Å². The second-order valence-electron chi connectivity index (χ2n) is 5.86. The molecule has 0 radical (unpaired) electrons. The van der Waals surface area contributed by atoms with Crippen molar-refractivity contribution in [2.24, 2.45) is 0 Å². The van der Waals surface area contributed by atoms with Crippen LogP contribution in [0.25, 0.3) is 11.0 Å². The van der Waals surface area contributed by atoms with Crippen LogP contribution in [-0.4, -0.2) is 29.5 Å². The zero-order chi connectivity index (χ0) is 16.7. The number of anilines is 1. The van der Waals surface area contributed by atoms with E-state index in [0.717, 1.165) is 16.9 Å². The zero-order valence-electron chi connectivity index (χ0n) is 13.1. The van der Waals surface area contributed by atoms with Crippen LogP contribution in [0, 0.1) is 0 Å². The average Bonchev–Trinajstić information content (AvgIpc) is 3.19. The minimum Gasteiger partial charge on any atom is -0.497 e. The molecule has 6 heteroatoms. The van der Waals surface area contributed by atoms with E-state index in [1.165, 1.54) is 0 Å². The van der Waals surface area contributed by atoms with Crippen molar-refractivity contribution in [3.05, 3.63) is 53.3 Å². The molecule has 1 aliphatic heterocycles. The molecular weight excluding hydrogens is 326 g/mol. The molecule has 0 bridgehead atoms. The number of benzene rings is 2. The number of hydrogen-bond acceptors (Lipinski definition) is 3. The monoisotopic (exact) mass is 341 g/mol. The Morgan fingerprint density at radius 3 is 2.92 bits per heavy atom. The molecule has 1 N–H and O–H groups in total. The number of carbonyl (C=O) groups excluding carboxylic acids is 1. The van der Waals surface area contributed by atoms with E-state index in [1.807, 2.05) is 24.3 Å². The molecule has 0 aliphatic carbocycles. The van der Waals surface area contributed by atoms with Crippen molar-refractivity contribution in [2.75, 3.05) is 18.6 Å². The van der Waals surface area contributed by atoms with Gasteiger partial charge in [-0.3, -0.25) is 4.79 Å². The number of para-hydroxylation sites is 2. The summed E-state index contributed by atoms with van der Waals surface area (Å²) in [5.41, 5.74) is 2.58. The SMILES string of the molecule is COc1ccc(Cl)c(N2CC(c3nc4ccccc4[nH]3)CC2=O)c1. The molecule has 0 spiro atoms. The number of carbonyl (C=O) groups is 1. The molecule has 1 fully saturated rings. The number of rotatable bonds is 3. The second-order valence-corrected chi connectivity index (χ2v) is 6.27. The van der Waals surface area contributed by atoms with E-state index in [-0.39, 0.29) is 11.8 Å². The van der Waals surface area contributed by atoms with E-state index in [9.17, 15) is 4.79 Å². The lowest BCUT2D eigenvalue weighted by atomic mass is 10.1. The minimum atomic E-state index is 0.0205. The Kier molecular flexibility index (Phi) is 3.65. The number of hydrogen-bond donors (Lipinski definition) is 1. The third-order valence-corrected chi connectivity index (χ3v) is 4.68. The fraction of sp³-hybridized carbons (Fsp3) is 0.222. The normalized spacial score (nSPS) is 17.7. The van der Waals surface area contributed by atoms with Gasteiger partial charge in [0.1, 0.15) is 11.6 Å². The number of nitrogens with one attached hydrogen (secondary N) is 1. The summed E-state index contributed by atoms with van der Waals surface area (Å²) in [6, 6.07) is 13.2. The molecule has 3 aromatic rings. The van der Waals surface area contributed by atoms with Gasteiger partial charge in [-0.25, -0.2) is 4.98 Å². The average molecular weight is 342 g/mol. The van der Waals surface area contributed by atoms with Gasteiger partial charge in [-0.2, -0.15) is 0 Å². The molecular formula is C18H16ClN3O2. The van der Waals surface area contributed by atoms with Gasteiger partial charge < -0.3 is 14.6 Å². The molecule has 2 heterocycles. The van der Waals surface area contributed by atoms with Gasteiger partial charge in [-0.1, -0.05) is 23.7 Å². The molecule has 5 nitrogen and oxygen atoms in total. The van der Waals surface area contributed by atoms with Crippen LogP contribution < -0.4 is 9.64 Å². The van der Waals surface area contributed by atoms with Crippen molar-refractivity contribution in [3.63, 3.8) is 0 Å². The largest absolute Gasteiger partial charge is 0.497 e. The number of ether oxygens (including phenoxy) is 1. The zero-order valence-corrected chi connectivity index (χ0v) is 13.9. The topological polar surface area (TPSA) is 58.2 Å². The Balaban J connectivity index is 1.65. The number of amides is 1. The Bertz CT molecular complexity index is 889. The van der Waals surface area contributed by atoms with Crippen LogP contribution in [0.3, 0.4) is 0 Å². The van der Waals surface area contributed by atoms with Crippen LogP contribution in [-0.2, 0) is 4.79 Å². The van der Waals surface area contributed by atoms with E-state index in [1.54, 1.807) is 30.2 Å². The number of aromatic amines is 1. The molecule has 1 aromatic heterocycles. The molecule has 0 saturated carbocycles. The van der Waals surface area contributed by atoms with Crippen LogP contribution >= 0.6 is 11.6 Å². The van der Waals surface area contributed by atoms with Gasteiger partial charge in [0.2, 0.25) is 5.91 Å². The highest BCUT2D eigenvalue weighted by molar-refractivity contribution is 6.34. The molecule has 1 saturated heterocycles. The van der Waals surface area contributed by atoms with Gasteiger partial charge in [0.25, 0.3) is 0 Å². The first-order valence-corrected chi connectivity index (χ1v) is 8.12. The van der Waals surface area contributed by atoms with Gasteiger partial charge in [0, 0.05) is 24.9 Å². The Hall–Kier alpha value is -2.53. The van der Waals surface area contributed by atoms with Crippen LogP contribution in [0.15, 0.2) is 42.5 Å². The molecule has 122 valence electrons. The summed E-state index contributed by atoms with van der Waals surface area (Å²) < 4.78 is 5.24. The van der Waals surface area contributed by atoms with Crippen molar-refractivity contribution >= 4 is 34.2 Å². The number of methoxy groups -OCH3 is 1. The van der Waals surface area contributed by atoms with Gasteiger partial charge in [0.15, 0.2) is 0 Å². The maximum atomic E-state index is 12.5. The smallest absolute Gasteiger partial charge is 0.227 e. The fourth-order valence-corrected chi connectivity index (χ4v) is 3.34. The number of halogens is 1. The predicted octanol–water partition coefficient (Wildman–Crippen LogP) is 3.75. The second kappa shape index (κ2) is 5.83. The van der Waals surface area contributed by atoms with E-state index in [4.69, 9.17) is 16.3 Å². The number of nitrogens with zero attached hydrogens (tertiary/aromatic N) is 2. The Morgan fingerprint density at radius 1 is 1.29 bits per heavy atom. The highest BCUT2D eigenvalue weighted by atomic mass is 35.5. The van der Waals surface area contributed by atoms with Crippen molar-refractivity contribution in [1.29, 1.82) is 0 Å². The number of fused-ring (bicyclic) bond motifs is 1. The Morgan fingerprint density at radius 2 is 2.12 bits per heavy atom. The lowest BCUT2D eigenvalue weighted by molar-refractivity contribution is -0.117.